The van der Waals surface area contributed by atoms with Gasteiger partial charge in [-0.05, 0) is 12.1 Å². The normalized spacial score (nSPS) is 17.5. The summed E-state index contributed by atoms with van der Waals surface area (Å²) in [5.74, 6) is -4.27. The summed E-state index contributed by atoms with van der Waals surface area (Å²) in [4.78, 5) is 60.7. The predicted molar refractivity (Wildman–Crippen MR) is 102 cm³/mol. The molecule has 0 saturated carbocycles. The second-order valence-electron chi connectivity index (χ2n) is 6.67. The van der Waals surface area contributed by atoms with E-state index >= 15 is 0 Å². The molecule has 0 N–H and O–H groups in total. The summed E-state index contributed by atoms with van der Waals surface area (Å²) < 4.78 is 36.5. The Kier molecular flexibility index (Phi) is 5.93. The maximum atomic E-state index is 13.1. The first-order valence-corrected chi connectivity index (χ1v) is 10.5. The van der Waals surface area contributed by atoms with Crippen molar-refractivity contribution in [2.75, 3.05) is 20.2 Å². The van der Waals surface area contributed by atoms with Crippen LogP contribution in [0.25, 0.3) is 5.76 Å². The Morgan fingerprint density at radius 2 is 1.61 bits per heavy atom. The maximum absolute atomic E-state index is 13.1. The summed E-state index contributed by atoms with van der Waals surface area (Å²) >= 11 is 0. The highest BCUT2D eigenvalue weighted by atomic mass is 32.2. The lowest BCUT2D eigenvalue weighted by Gasteiger charge is -2.31. The molecule has 0 unspecified atom stereocenters. The minimum absolute atomic E-state index is 0.0263. The number of Topliss-reactive ketones (excluding diaryl/α,β-unsaturated/α-hetero) is 1. The molecule has 0 atom stereocenters. The third-order valence-corrected chi connectivity index (χ3v) is 6.46. The fraction of sp³-hybridized carbons (Fsp3) is 0.316. The van der Waals surface area contributed by atoms with Gasteiger partial charge in [0.15, 0.2) is 11.5 Å². The van der Waals surface area contributed by atoms with Crippen LogP contribution in [-0.2, 0) is 43.5 Å². The molecule has 12 heteroatoms. The summed E-state index contributed by atoms with van der Waals surface area (Å²) in [5.41, 5.74) is -0.613. The van der Waals surface area contributed by atoms with Gasteiger partial charge in [-0.15, -0.1) is 0 Å². The van der Waals surface area contributed by atoms with Crippen LogP contribution in [0, 0.1) is 0 Å². The lowest BCUT2D eigenvalue weighted by molar-refractivity contribution is -0.148. The zero-order valence-electron chi connectivity index (χ0n) is 16.6. The molecule has 2 aliphatic rings. The van der Waals surface area contributed by atoms with Crippen molar-refractivity contribution in [3.8, 4) is 0 Å². The molecule has 1 fully saturated rings. The van der Waals surface area contributed by atoms with E-state index in [1.54, 1.807) is 0 Å². The first-order valence-electron chi connectivity index (χ1n) is 9.06. The van der Waals surface area contributed by atoms with Crippen LogP contribution in [0.3, 0.4) is 0 Å². The van der Waals surface area contributed by atoms with Gasteiger partial charge in [0.2, 0.25) is 11.8 Å². The zero-order chi connectivity index (χ0) is 22.9. The highest BCUT2D eigenvalue weighted by Gasteiger charge is 2.42. The second kappa shape index (κ2) is 8.30. The van der Waals surface area contributed by atoms with E-state index < -0.39 is 64.1 Å². The third-order valence-electron chi connectivity index (χ3n) is 4.66. The van der Waals surface area contributed by atoms with Crippen molar-refractivity contribution in [3.63, 3.8) is 0 Å². The number of rotatable bonds is 6. The van der Waals surface area contributed by atoms with E-state index in [2.05, 4.69) is 4.74 Å². The van der Waals surface area contributed by atoms with Gasteiger partial charge in [-0.2, -0.15) is 0 Å². The summed E-state index contributed by atoms with van der Waals surface area (Å²) in [6.07, 6.45) is -0.0526. The minimum atomic E-state index is -4.35. The van der Waals surface area contributed by atoms with E-state index in [4.69, 9.17) is 4.74 Å². The fourth-order valence-electron chi connectivity index (χ4n) is 3.22. The van der Waals surface area contributed by atoms with E-state index in [0.29, 0.717) is 4.31 Å². The number of likely N-dealkylation sites (tertiary alicyclic amines) is 1. The molecule has 1 saturated heterocycles. The maximum Gasteiger partial charge on any atom is 0.331 e. The molecule has 1 aromatic rings. The van der Waals surface area contributed by atoms with Crippen molar-refractivity contribution in [1.82, 2.24) is 9.21 Å². The van der Waals surface area contributed by atoms with Crippen LogP contribution in [0.15, 0.2) is 34.9 Å². The molecule has 31 heavy (non-hydrogen) atoms. The van der Waals surface area contributed by atoms with Crippen LogP contribution in [0.5, 0.6) is 0 Å². The molecule has 0 spiro atoms. The number of hydrogen-bond acceptors (Lipinski definition) is 9. The van der Waals surface area contributed by atoms with Crippen LogP contribution in [0.1, 0.15) is 25.3 Å². The van der Waals surface area contributed by atoms with Gasteiger partial charge in [0.05, 0.1) is 12.0 Å². The van der Waals surface area contributed by atoms with E-state index in [9.17, 15) is 32.4 Å². The SMILES string of the molecule is COC(=O)CN1C(C(C)=O)=C(OC(=O)CN2C(=O)CCC2=O)c2ccccc2S1(=O)=O. The van der Waals surface area contributed by atoms with Crippen molar-refractivity contribution >= 4 is 45.3 Å². The molecule has 164 valence electrons. The predicted octanol–water partition coefficient (Wildman–Crippen LogP) is -0.186. The van der Waals surface area contributed by atoms with Crippen molar-refractivity contribution in [2.45, 2.75) is 24.7 Å². The van der Waals surface area contributed by atoms with Gasteiger partial charge < -0.3 is 9.47 Å². The number of hydrogen-bond donors (Lipinski definition) is 0. The number of methoxy groups -OCH3 is 1. The summed E-state index contributed by atoms with van der Waals surface area (Å²) in [7, 11) is -3.30. The standard InChI is InChI=1S/C19H18N2O9S/c1-11(22)18-19(30-17(26)9-20-14(23)7-8-15(20)24)12-5-3-4-6-13(12)31(27,28)21(18)10-16(25)29-2/h3-6H,7-10H2,1-2H3. The quantitative estimate of drug-likeness (QED) is 0.425. The number of sulfonamides is 1. The topological polar surface area (TPSA) is 144 Å². The van der Waals surface area contributed by atoms with Gasteiger partial charge >= 0.3 is 11.9 Å². The number of esters is 2. The number of fused-ring (bicyclic) bond motifs is 1. The van der Waals surface area contributed by atoms with Crippen LogP contribution in [0.2, 0.25) is 0 Å². The largest absolute Gasteiger partial charge is 0.468 e. The van der Waals surface area contributed by atoms with E-state index in [-0.39, 0.29) is 23.3 Å². The first-order chi connectivity index (χ1) is 14.6. The number of ether oxygens (including phenoxy) is 2. The average molecular weight is 450 g/mol. The molecule has 11 nitrogen and oxygen atoms in total. The smallest absolute Gasteiger partial charge is 0.331 e. The van der Waals surface area contributed by atoms with Crippen molar-refractivity contribution in [1.29, 1.82) is 0 Å². The zero-order valence-corrected chi connectivity index (χ0v) is 17.4. The van der Waals surface area contributed by atoms with Gasteiger partial charge in [-0.25, -0.2) is 17.5 Å². The van der Waals surface area contributed by atoms with Gasteiger partial charge in [0, 0.05) is 25.3 Å². The van der Waals surface area contributed by atoms with Gasteiger partial charge in [0.25, 0.3) is 10.0 Å². The Bertz CT molecular complexity index is 1120. The number of carbonyl (C=O) groups excluding carboxylic acids is 5. The average Bonchev–Trinajstić information content (AvgIpc) is 3.03. The Morgan fingerprint density at radius 1 is 1.00 bits per heavy atom. The molecule has 0 aromatic heterocycles. The van der Waals surface area contributed by atoms with E-state index in [1.807, 2.05) is 0 Å². The molecule has 0 aliphatic carbocycles. The Balaban J connectivity index is 2.08. The van der Waals surface area contributed by atoms with Crippen molar-refractivity contribution in [3.05, 3.63) is 35.5 Å². The number of carbonyl (C=O) groups is 5. The van der Waals surface area contributed by atoms with Gasteiger partial charge in [-0.3, -0.25) is 24.1 Å². The Hall–Kier alpha value is -3.54. The van der Waals surface area contributed by atoms with Gasteiger partial charge in [0.1, 0.15) is 18.8 Å². The number of allylic oxidation sites excluding steroid dienone is 1. The number of imide groups is 1. The minimum Gasteiger partial charge on any atom is -0.468 e. The van der Waals surface area contributed by atoms with Crippen molar-refractivity contribution in [2.24, 2.45) is 0 Å². The number of amides is 2. The fourth-order valence-corrected chi connectivity index (χ4v) is 4.87. The number of benzene rings is 1. The van der Waals surface area contributed by atoms with Crippen molar-refractivity contribution < 1.29 is 41.9 Å². The summed E-state index contributed by atoms with van der Waals surface area (Å²) in [6, 6.07) is 5.46. The first kappa shape index (κ1) is 22.2. The second-order valence-corrected chi connectivity index (χ2v) is 8.50. The lowest BCUT2D eigenvalue weighted by atomic mass is 10.1. The Labute approximate surface area is 177 Å². The molecular formula is C19H18N2O9S. The lowest BCUT2D eigenvalue weighted by Crippen LogP contribution is -2.42. The summed E-state index contributed by atoms with van der Waals surface area (Å²) in [5, 5.41) is 0. The molecule has 2 amide bonds. The number of nitrogens with zero attached hydrogens (tertiary/aromatic N) is 2. The summed E-state index contributed by atoms with van der Waals surface area (Å²) in [6.45, 7) is -0.477. The van der Waals surface area contributed by atoms with Crippen LogP contribution < -0.4 is 0 Å². The van der Waals surface area contributed by atoms with Crippen LogP contribution in [0.4, 0.5) is 0 Å². The molecule has 0 bridgehead atoms. The Morgan fingerprint density at radius 3 is 2.19 bits per heavy atom. The van der Waals surface area contributed by atoms with Crippen LogP contribution >= 0.6 is 0 Å². The molecule has 0 radical (unpaired) electrons. The molecule has 2 heterocycles. The van der Waals surface area contributed by atoms with Gasteiger partial charge in [-0.1, -0.05) is 12.1 Å². The molecule has 3 rings (SSSR count). The van der Waals surface area contributed by atoms with E-state index in [0.717, 1.165) is 18.9 Å². The molecule has 1 aromatic carbocycles. The highest BCUT2D eigenvalue weighted by Crippen LogP contribution is 2.37. The third kappa shape index (κ3) is 4.06. The monoisotopic (exact) mass is 450 g/mol. The highest BCUT2D eigenvalue weighted by molar-refractivity contribution is 7.89. The van der Waals surface area contributed by atoms with Crippen LogP contribution in [-0.4, -0.2) is 67.4 Å². The molecular weight excluding hydrogens is 432 g/mol. The van der Waals surface area contributed by atoms with E-state index in [1.165, 1.54) is 24.3 Å². The number of ketones is 1. The molecule has 2 aliphatic heterocycles.